The summed E-state index contributed by atoms with van der Waals surface area (Å²) >= 11 is 1.77. The van der Waals surface area contributed by atoms with E-state index in [4.69, 9.17) is 4.98 Å². The lowest BCUT2D eigenvalue weighted by atomic mass is 10.1. The minimum Gasteiger partial charge on any atom is -0.338 e. The zero-order chi connectivity index (χ0) is 17.8. The maximum atomic E-state index is 4.71. The van der Waals surface area contributed by atoms with Gasteiger partial charge in [-0.05, 0) is 53.2 Å². The highest BCUT2D eigenvalue weighted by atomic mass is 32.1. The molecule has 5 heteroatoms. The topological polar surface area (TPSA) is 48.4 Å². The molecule has 3 heterocycles. The van der Waals surface area contributed by atoms with Gasteiger partial charge in [-0.1, -0.05) is 16.8 Å². The van der Waals surface area contributed by atoms with Gasteiger partial charge in [-0.25, -0.2) is 4.98 Å². The maximum Gasteiger partial charge on any atom is 0.237 e. The van der Waals surface area contributed by atoms with Crippen LogP contribution in [0.25, 0.3) is 49.1 Å². The number of nitrogens with zero attached hydrogens (tertiary/aromatic N) is 2. The van der Waals surface area contributed by atoms with Crippen molar-refractivity contribution in [1.29, 1.82) is 0 Å². The summed E-state index contributed by atoms with van der Waals surface area (Å²) in [5, 5.41) is 8.03. The molecular weight excluding hydrogens is 352 g/mol. The molecule has 0 unspecified atom stereocenters. The van der Waals surface area contributed by atoms with E-state index in [1.54, 1.807) is 11.3 Å². The highest BCUT2D eigenvalue weighted by Gasteiger charge is 2.14. The molecule has 0 saturated heterocycles. The van der Waals surface area contributed by atoms with Crippen LogP contribution in [0.4, 0.5) is 0 Å². The van der Waals surface area contributed by atoms with E-state index in [1.807, 2.05) is 18.2 Å². The van der Waals surface area contributed by atoms with Crippen molar-refractivity contribution in [1.82, 2.24) is 15.1 Å². The van der Waals surface area contributed by atoms with Crippen LogP contribution in [0, 0.1) is 0 Å². The van der Waals surface area contributed by atoms with Crippen molar-refractivity contribution < 1.29 is 4.68 Å². The van der Waals surface area contributed by atoms with Gasteiger partial charge in [0.15, 0.2) is 0 Å². The van der Waals surface area contributed by atoms with Gasteiger partial charge in [0, 0.05) is 22.4 Å². The first-order valence-corrected chi connectivity index (χ1v) is 9.69. The number of nitrogens with one attached hydrogen (secondary N) is 2. The average Bonchev–Trinajstić information content (AvgIpc) is 3.42. The van der Waals surface area contributed by atoms with Crippen molar-refractivity contribution in [2.75, 3.05) is 0 Å². The molecule has 2 N–H and O–H groups in total. The third-order valence-electron chi connectivity index (χ3n) is 4.94. The first-order valence-electron chi connectivity index (χ1n) is 8.81. The van der Waals surface area contributed by atoms with Crippen LogP contribution in [-0.4, -0.2) is 15.1 Å². The molecule has 0 atom stereocenters. The Labute approximate surface area is 158 Å². The second-order valence-electron chi connectivity index (χ2n) is 6.66. The van der Waals surface area contributed by atoms with Crippen molar-refractivity contribution in [2.45, 2.75) is 0 Å². The van der Waals surface area contributed by atoms with Crippen LogP contribution < -0.4 is 4.68 Å². The number of fused-ring (bicyclic) bond motifs is 3. The normalized spacial score (nSPS) is 11.7. The van der Waals surface area contributed by atoms with Crippen molar-refractivity contribution in [3.05, 3.63) is 78.3 Å². The molecule has 0 fully saturated rings. The van der Waals surface area contributed by atoms with E-state index in [1.165, 1.54) is 10.1 Å². The van der Waals surface area contributed by atoms with Gasteiger partial charge < -0.3 is 4.98 Å². The molecule has 128 valence electrons. The van der Waals surface area contributed by atoms with Gasteiger partial charge in [0.05, 0.1) is 16.4 Å². The molecule has 0 aliphatic rings. The molecule has 0 aliphatic carbocycles. The van der Waals surface area contributed by atoms with E-state index >= 15 is 0 Å². The van der Waals surface area contributed by atoms with Crippen LogP contribution >= 0.6 is 11.3 Å². The van der Waals surface area contributed by atoms with E-state index in [0.29, 0.717) is 0 Å². The molecule has 0 spiro atoms. The van der Waals surface area contributed by atoms with Gasteiger partial charge in [-0.15, -0.1) is 11.3 Å². The molecule has 0 radical (unpaired) electrons. The summed E-state index contributed by atoms with van der Waals surface area (Å²) in [5.74, 6) is 0.894. The van der Waals surface area contributed by atoms with Gasteiger partial charge in [0.2, 0.25) is 11.9 Å². The van der Waals surface area contributed by atoms with Crippen LogP contribution in [0.1, 0.15) is 0 Å². The van der Waals surface area contributed by atoms with Crippen LogP contribution in [0.5, 0.6) is 0 Å². The number of thiophene rings is 1. The number of aromatic nitrogens is 4. The maximum absolute atomic E-state index is 4.71. The van der Waals surface area contributed by atoms with Gasteiger partial charge in [-0.2, -0.15) is 5.10 Å². The SMILES string of the molecule is c1ccc2[nH]c(-c3ccc4[nH][n+](-c5ccc6ccsc6c5)cc4c3)nc2c1. The fourth-order valence-corrected chi connectivity index (χ4v) is 4.36. The van der Waals surface area contributed by atoms with Crippen LogP contribution in [-0.2, 0) is 0 Å². The lowest BCUT2D eigenvalue weighted by Gasteiger charge is -1.94. The zero-order valence-corrected chi connectivity index (χ0v) is 15.1. The fraction of sp³-hybridized carbons (Fsp3) is 0. The largest absolute Gasteiger partial charge is 0.338 e. The van der Waals surface area contributed by atoms with E-state index in [0.717, 1.165) is 39.0 Å². The van der Waals surface area contributed by atoms with Gasteiger partial charge in [-0.3, -0.25) is 0 Å². The summed E-state index contributed by atoms with van der Waals surface area (Å²) in [6.07, 6.45) is 2.14. The van der Waals surface area contributed by atoms with E-state index in [2.05, 4.69) is 74.9 Å². The number of imidazole rings is 1. The smallest absolute Gasteiger partial charge is 0.237 e. The Hall–Kier alpha value is -3.44. The molecule has 27 heavy (non-hydrogen) atoms. The number of aromatic amines is 2. The Morgan fingerprint density at radius 2 is 1.81 bits per heavy atom. The molecule has 0 saturated carbocycles. The predicted molar refractivity (Wildman–Crippen MR) is 110 cm³/mol. The number of rotatable bonds is 2. The molecular formula is C22H15N4S+. The molecule has 0 amide bonds. The molecule has 4 nitrogen and oxygen atoms in total. The fourth-order valence-electron chi connectivity index (χ4n) is 3.54. The molecule has 6 aromatic rings. The second kappa shape index (κ2) is 5.53. The Morgan fingerprint density at radius 1 is 0.852 bits per heavy atom. The third kappa shape index (κ3) is 2.36. The number of hydrogen-bond donors (Lipinski definition) is 2. The van der Waals surface area contributed by atoms with E-state index in [-0.39, 0.29) is 0 Å². The van der Waals surface area contributed by atoms with Crippen molar-refractivity contribution in [3.8, 4) is 17.1 Å². The number of hydrogen-bond acceptors (Lipinski definition) is 2. The Bertz CT molecular complexity index is 1400. The molecule has 3 aromatic carbocycles. The third-order valence-corrected chi connectivity index (χ3v) is 5.82. The number of benzene rings is 3. The minimum absolute atomic E-state index is 0.894. The van der Waals surface area contributed by atoms with Crippen molar-refractivity contribution in [3.63, 3.8) is 0 Å². The van der Waals surface area contributed by atoms with Crippen LogP contribution in [0.3, 0.4) is 0 Å². The zero-order valence-electron chi connectivity index (χ0n) is 14.3. The summed E-state index contributed by atoms with van der Waals surface area (Å²) < 4.78 is 3.37. The predicted octanol–water partition coefficient (Wildman–Crippen LogP) is 5.20. The molecule has 0 aliphatic heterocycles. The first-order chi connectivity index (χ1) is 13.3. The summed E-state index contributed by atoms with van der Waals surface area (Å²) in [7, 11) is 0. The Kier molecular flexibility index (Phi) is 3.01. The van der Waals surface area contributed by atoms with Crippen molar-refractivity contribution >= 4 is 43.4 Å². The number of para-hydroxylation sites is 2. The number of H-pyrrole nitrogens is 2. The molecule has 6 rings (SSSR count). The Balaban J connectivity index is 1.46. The van der Waals surface area contributed by atoms with Gasteiger partial charge >= 0.3 is 0 Å². The van der Waals surface area contributed by atoms with Crippen molar-refractivity contribution in [2.24, 2.45) is 0 Å². The highest BCUT2D eigenvalue weighted by molar-refractivity contribution is 7.17. The van der Waals surface area contributed by atoms with Crippen LogP contribution in [0.15, 0.2) is 78.3 Å². The summed E-state index contributed by atoms with van der Waals surface area (Å²) in [4.78, 5) is 8.12. The first kappa shape index (κ1) is 14.7. The average molecular weight is 367 g/mol. The van der Waals surface area contributed by atoms with E-state index < -0.39 is 0 Å². The molecule has 3 aromatic heterocycles. The standard InChI is InChI=1S/C22H14N4S/c1-2-4-20-19(3-1)23-22(24-20)15-6-8-18-16(11-15)13-26(25-18)17-7-5-14-9-10-27-21(14)12-17/h1-13H,(H,23,24)/p+1. The summed E-state index contributed by atoms with van der Waals surface area (Å²) in [5.41, 5.74) is 5.35. The van der Waals surface area contributed by atoms with Gasteiger partial charge in [0.25, 0.3) is 0 Å². The van der Waals surface area contributed by atoms with Crippen LogP contribution in [0.2, 0.25) is 0 Å². The summed E-state index contributed by atoms with van der Waals surface area (Å²) in [6.45, 7) is 0. The van der Waals surface area contributed by atoms with Gasteiger partial charge in [0.1, 0.15) is 11.3 Å². The quantitative estimate of drug-likeness (QED) is 0.406. The lowest BCUT2D eigenvalue weighted by Crippen LogP contribution is -2.31. The van der Waals surface area contributed by atoms with E-state index in [9.17, 15) is 0 Å². The lowest BCUT2D eigenvalue weighted by molar-refractivity contribution is -0.652. The minimum atomic E-state index is 0.894. The summed E-state index contributed by atoms with van der Waals surface area (Å²) in [6, 6.07) is 23.2. The molecule has 0 bridgehead atoms. The highest BCUT2D eigenvalue weighted by Crippen LogP contribution is 2.25. The second-order valence-corrected chi connectivity index (χ2v) is 7.61. The Morgan fingerprint density at radius 3 is 2.78 bits per heavy atom. The monoisotopic (exact) mass is 367 g/mol.